The Morgan fingerprint density at radius 2 is 1.79 bits per heavy atom. The van der Waals surface area contributed by atoms with E-state index < -0.39 is 5.82 Å². The molecule has 0 aliphatic heterocycles. The zero-order valence-electron chi connectivity index (χ0n) is 22.8. The number of hydrogen-bond donors (Lipinski definition) is 3. The molecule has 0 saturated heterocycles. The predicted octanol–water partition coefficient (Wildman–Crippen LogP) is 5.95. The lowest BCUT2D eigenvalue weighted by molar-refractivity contribution is -0.115. The van der Waals surface area contributed by atoms with Gasteiger partial charge in [0.25, 0.3) is 0 Å². The maximum Gasteiger partial charge on any atom is 0.228 e. The molecule has 11 heteroatoms. The number of halogens is 1. The number of hydrogen-bond acceptors (Lipinski definition) is 7. The fraction of sp³-hybridized carbons (Fsp3) is 0.0625. The van der Waals surface area contributed by atoms with Crippen LogP contribution in [-0.4, -0.2) is 48.1 Å². The van der Waals surface area contributed by atoms with E-state index in [-0.39, 0.29) is 12.3 Å². The Hall–Kier alpha value is -5.97. The molecule has 2 aromatic carbocycles. The number of carbonyl (C=O) groups is 1. The maximum atomic E-state index is 14.3. The third-order valence-electron chi connectivity index (χ3n) is 6.98. The minimum Gasteiger partial charge on any atom is -0.497 e. The highest BCUT2D eigenvalue weighted by atomic mass is 19.1. The van der Waals surface area contributed by atoms with Crippen LogP contribution in [0.4, 0.5) is 10.1 Å². The quantitative estimate of drug-likeness (QED) is 0.215. The molecule has 10 nitrogen and oxygen atoms in total. The minimum atomic E-state index is -0.435. The number of aromatic amines is 2. The normalized spacial score (nSPS) is 11.2. The zero-order chi connectivity index (χ0) is 29.3. The number of anilines is 1. The number of amides is 1. The van der Waals surface area contributed by atoms with Crippen LogP contribution < -0.4 is 10.1 Å². The number of nitrogens with one attached hydrogen (secondary N) is 3. The minimum absolute atomic E-state index is 0.133. The monoisotopic (exact) mass is 570 g/mol. The van der Waals surface area contributed by atoms with Crippen LogP contribution in [0.1, 0.15) is 5.56 Å². The maximum absolute atomic E-state index is 14.3. The molecule has 0 fully saturated rings. The first-order valence-electron chi connectivity index (χ1n) is 13.4. The molecule has 5 aromatic heterocycles. The molecule has 0 saturated carbocycles. The number of rotatable bonds is 7. The van der Waals surface area contributed by atoms with Crippen molar-refractivity contribution in [1.29, 1.82) is 0 Å². The Kier molecular flexibility index (Phi) is 6.51. The summed E-state index contributed by atoms with van der Waals surface area (Å²) in [7, 11) is 1.48. The molecule has 0 radical (unpaired) electrons. The largest absolute Gasteiger partial charge is 0.497 e. The summed E-state index contributed by atoms with van der Waals surface area (Å²) in [4.78, 5) is 34.1. The van der Waals surface area contributed by atoms with Crippen LogP contribution in [0.5, 0.6) is 5.75 Å². The van der Waals surface area contributed by atoms with E-state index in [0.717, 1.165) is 22.1 Å². The molecule has 43 heavy (non-hydrogen) atoms. The number of ether oxygens (including phenoxy) is 1. The van der Waals surface area contributed by atoms with Crippen molar-refractivity contribution in [2.24, 2.45) is 0 Å². The number of aromatic nitrogens is 7. The number of benzene rings is 2. The molecule has 210 valence electrons. The van der Waals surface area contributed by atoms with Gasteiger partial charge in [0, 0.05) is 41.3 Å². The van der Waals surface area contributed by atoms with Crippen molar-refractivity contribution < 1.29 is 13.9 Å². The van der Waals surface area contributed by atoms with Gasteiger partial charge in [0.1, 0.15) is 22.8 Å². The molecule has 0 unspecified atom stereocenters. The summed E-state index contributed by atoms with van der Waals surface area (Å²) in [5.74, 6) is 0.315. The van der Waals surface area contributed by atoms with Crippen LogP contribution in [0.15, 0.2) is 91.5 Å². The Balaban J connectivity index is 1.22. The van der Waals surface area contributed by atoms with Crippen molar-refractivity contribution in [2.45, 2.75) is 6.42 Å². The summed E-state index contributed by atoms with van der Waals surface area (Å²) < 4.78 is 19.5. The van der Waals surface area contributed by atoms with Gasteiger partial charge in [-0.2, -0.15) is 5.10 Å². The molecular formula is C32H23FN8O2. The molecule has 0 aliphatic rings. The number of H-pyrrole nitrogens is 2. The standard InChI is InChI=1S/C32H23FN8O2/c1-43-24-12-19(10-22(33)14-24)28-30-26(7-8-35-28)38-32(39-30)29-25-13-21(16-36-31(25)41-40-29)20-11-23(17-34-15-20)37-27(42)9-18-5-3-2-4-6-18/h2-8,10-17H,9H2,1H3,(H,37,42)(H,38,39)(H,36,40,41). The van der Waals surface area contributed by atoms with Crippen molar-refractivity contribution in [3.8, 4) is 39.7 Å². The lowest BCUT2D eigenvalue weighted by Crippen LogP contribution is -2.14. The van der Waals surface area contributed by atoms with Gasteiger partial charge < -0.3 is 15.0 Å². The van der Waals surface area contributed by atoms with Gasteiger partial charge in [-0.1, -0.05) is 30.3 Å². The summed E-state index contributed by atoms with van der Waals surface area (Å²) in [6.07, 6.45) is 6.93. The van der Waals surface area contributed by atoms with E-state index in [1.807, 2.05) is 42.5 Å². The predicted molar refractivity (Wildman–Crippen MR) is 161 cm³/mol. The van der Waals surface area contributed by atoms with Crippen LogP contribution in [0.25, 0.3) is 56.0 Å². The Bertz CT molecular complexity index is 2120. The van der Waals surface area contributed by atoms with Gasteiger partial charge in [-0.3, -0.25) is 19.9 Å². The van der Waals surface area contributed by atoms with E-state index in [1.165, 1.54) is 19.2 Å². The van der Waals surface area contributed by atoms with Crippen molar-refractivity contribution in [3.05, 3.63) is 103 Å². The topological polar surface area (TPSA) is 134 Å². The molecule has 0 spiro atoms. The van der Waals surface area contributed by atoms with Crippen LogP contribution in [0.3, 0.4) is 0 Å². The second kappa shape index (κ2) is 10.8. The van der Waals surface area contributed by atoms with Crippen molar-refractivity contribution >= 4 is 33.7 Å². The number of methoxy groups -OCH3 is 1. The molecule has 1 amide bonds. The second-order valence-corrected chi connectivity index (χ2v) is 9.89. The van der Waals surface area contributed by atoms with Crippen molar-refractivity contribution in [1.82, 2.24) is 35.1 Å². The van der Waals surface area contributed by atoms with Gasteiger partial charge in [-0.15, -0.1) is 0 Å². The summed E-state index contributed by atoms with van der Waals surface area (Å²) >= 11 is 0. The van der Waals surface area contributed by atoms with Crippen LogP contribution in [0.2, 0.25) is 0 Å². The first kappa shape index (κ1) is 26.0. The highest BCUT2D eigenvalue weighted by Gasteiger charge is 2.18. The first-order chi connectivity index (χ1) is 21.0. The summed E-state index contributed by atoms with van der Waals surface area (Å²) in [5.41, 5.74) is 6.53. The van der Waals surface area contributed by atoms with E-state index in [0.29, 0.717) is 50.9 Å². The lowest BCUT2D eigenvalue weighted by Gasteiger charge is -2.07. The fourth-order valence-electron chi connectivity index (χ4n) is 4.97. The molecular weight excluding hydrogens is 547 g/mol. The average Bonchev–Trinajstić information content (AvgIpc) is 3.65. The van der Waals surface area contributed by atoms with E-state index >= 15 is 0 Å². The molecule has 3 N–H and O–H groups in total. The Morgan fingerprint density at radius 1 is 0.930 bits per heavy atom. The van der Waals surface area contributed by atoms with Gasteiger partial charge in [0.2, 0.25) is 5.91 Å². The summed E-state index contributed by atoms with van der Waals surface area (Å²) in [6.45, 7) is 0. The van der Waals surface area contributed by atoms with E-state index in [2.05, 4.69) is 35.5 Å². The first-order valence-corrected chi connectivity index (χ1v) is 13.4. The van der Waals surface area contributed by atoms with Gasteiger partial charge in [-0.25, -0.2) is 14.4 Å². The second-order valence-electron chi connectivity index (χ2n) is 9.89. The highest BCUT2D eigenvalue weighted by molar-refractivity contribution is 5.97. The van der Waals surface area contributed by atoms with Gasteiger partial charge in [-0.05, 0) is 35.9 Å². The average molecular weight is 571 g/mol. The van der Waals surface area contributed by atoms with Crippen LogP contribution in [-0.2, 0) is 11.2 Å². The lowest BCUT2D eigenvalue weighted by atomic mass is 10.1. The summed E-state index contributed by atoms with van der Waals surface area (Å²) in [5, 5.41) is 11.1. The third-order valence-corrected chi connectivity index (χ3v) is 6.98. The molecule has 7 rings (SSSR count). The number of pyridine rings is 3. The van der Waals surface area contributed by atoms with Gasteiger partial charge in [0.05, 0.1) is 42.0 Å². The number of carbonyl (C=O) groups excluding carboxylic acids is 1. The smallest absolute Gasteiger partial charge is 0.228 e. The van der Waals surface area contributed by atoms with E-state index in [9.17, 15) is 9.18 Å². The number of imidazole rings is 1. The third kappa shape index (κ3) is 5.15. The van der Waals surface area contributed by atoms with Gasteiger partial charge >= 0.3 is 0 Å². The van der Waals surface area contributed by atoms with Crippen molar-refractivity contribution in [2.75, 3.05) is 12.4 Å². The molecule has 0 bridgehead atoms. The molecule has 0 aliphatic carbocycles. The molecule has 0 atom stereocenters. The zero-order valence-corrected chi connectivity index (χ0v) is 22.8. The Labute approximate surface area is 244 Å². The Morgan fingerprint density at radius 3 is 2.65 bits per heavy atom. The highest BCUT2D eigenvalue weighted by Crippen LogP contribution is 2.33. The van der Waals surface area contributed by atoms with Gasteiger partial charge in [0.15, 0.2) is 11.5 Å². The number of nitrogens with zero attached hydrogens (tertiary/aromatic N) is 5. The van der Waals surface area contributed by atoms with E-state index in [4.69, 9.17) is 9.72 Å². The molecule has 5 heterocycles. The van der Waals surface area contributed by atoms with Crippen LogP contribution >= 0.6 is 0 Å². The van der Waals surface area contributed by atoms with Crippen molar-refractivity contribution in [3.63, 3.8) is 0 Å². The van der Waals surface area contributed by atoms with E-state index in [1.54, 1.807) is 36.9 Å². The van der Waals surface area contributed by atoms with Crippen LogP contribution in [0, 0.1) is 5.82 Å². The molecule has 7 aromatic rings. The summed E-state index contributed by atoms with van der Waals surface area (Å²) in [6, 6.07) is 19.6. The SMILES string of the molecule is COc1cc(F)cc(-c2nccc3[nH]c(-c4n[nH]c5ncc(-c6cncc(NC(=O)Cc7ccccc7)c6)cc45)nc23)c1. The fourth-order valence-corrected chi connectivity index (χ4v) is 4.97. The number of fused-ring (bicyclic) bond motifs is 2.